The van der Waals surface area contributed by atoms with Crippen LogP contribution in [0, 0.1) is 0 Å². The minimum atomic E-state index is -2.30. The fourth-order valence-electron chi connectivity index (χ4n) is 0.386. The number of carboxylic acid groups (broad SMARTS) is 2. The molecule has 0 spiro atoms. The van der Waals surface area contributed by atoms with Crippen molar-refractivity contribution in [1.82, 2.24) is 0 Å². The van der Waals surface area contributed by atoms with Crippen LogP contribution >= 0.6 is 21.6 Å². The van der Waals surface area contributed by atoms with Gasteiger partial charge in [0.25, 0.3) is 0 Å². The molecule has 2 atom stereocenters. The number of rotatable bonds is 7. The molecule has 0 saturated carbocycles. The quantitative estimate of drug-likeness (QED) is 0.209. The van der Waals surface area contributed by atoms with Crippen molar-refractivity contribution in [3.8, 4) is 0 Å². The normalized spacial score (nSPS) is 16.7. The van der Waals surface area contributed by atoms with Crippen molar-refractivity contribution < 1.29 is 24.9 Å². The molecule has 0 aromatic carbocycles. The van der Waals surface area contributed by atoms with E-state index in [0.717, 1.165) is 21.6 Å². The highest BCUT2D eigenvalue weighted by molar-refractivity contribution is 8.76. The summed E-state index contributed by atoms with van der Waals surface area (Å²) < 4.78 is 0. The Kier molecular flexibility index (Phi) is 5.98. The average Bonchev–Trinajstić information content (AvgIpc) is 2.11. The van der Waals surface area contributed by atoms with Crippen LogP contribution in [0.5, 0.6) is 0 Å². The van der Waals surface area contributed by atoms with Crippen LogP contribution in [0.2, 0.25) is 0 Å². The SMILES string of the molecule is NC(CSSCC(N)(O)C(=O)O)C(=O)O. The second-order valence-corrected chi connectivity index (χ2v) is 5.23. The Morgan fingerprint density at radius 1 is 1.33 bits per heavy atom. The van der Waals surface area contributed by atoms with Gasteiger partial charge in [-0.05, 0) is 0 Å². The first-order chi connectivity index (χ1) is 6.77. The van der Waals surface area contributed by atoms with Crippen LogP contribution in [-0.4, -0.2) is 50.5 Å². The molecule has 15 heavy (non-hydrogen) atoms. The molecular formula is C6H12N2O5S2. The van der Waals surface area contributed by atoms with E-state index < -0.39 is 23.7 Å². The number of carbonyl (C=O) groups is 2. The van der Waals surface area contributed by atoms with Crippen LogP contribution in [-0.2, 0) is 9.59 Å². The van der Waals surface area contributed by atoms with E-state index in [1.165, 1.54) is 0 Å². The summed E-state index contributed by atoms with van der Waals surface area (Å²) in [5.74, 6) is -2.81. The van der Waals surface area contributed by atoms with E-state index in [4.69, 9.17) is 26.8 Å². The van der Waals surface area contributed by atoms with Crippen LogP contribution < -0.4 is 11.5 Å². The molecule has 0 aromatic heterocycles. The Bertz CT molecular complexity index is 248. The summed E-state index contributed by atoms with van der Waals surface area (Å²) in [4.78, 5) is 20.6. The molecule has 0 aliphatic heterocycles. The molecular weight excluding hydrogens is 244 g/mol. The standard InChI is InChI=1S/C6H12N2O5S2/c7-3(4(9)10)1-14-15-2-6(8,13)5(11)12/h3,13H,1-2,7-8H2,(H,9,10)(H,11,12). The molecule has 9 heteroatoms. The van der Waals surface area contributed by atoms with Crippen LogP contribution in [0.3, 0.4) is 0 Å². The highest BCUT2D eigenvalue weighted by Gasteiger charge is 2.30. The zero-order chi connectivity index (χ0) is 12.1. The maximum absolute atomic E-state index is 10.3. The maximum atomic E-state index is 10.3. The first kappa shape index (κ1) is 14.5. The lowest BCUT2D eigenvalue weighted by Gasteiger charge is -2.16. The molecule has 0 rings (SSSR count). The van der Waals surface area contributed by atoms with Gasteiger partial charge >= 0.3 is 11.9 Å². The third-order valence-corrected chi connectivity index (χ3v) is 3.78. The summed E-state index contributed by atoms with van der Waals surface area (Å²) in [6, 6.07) is -1.02. The zero-order valence-corrected chi connectivity index (χ0v) is 9.25. The molecule has 7 nitrogen and oxygen atoms in total. The van der Waals surface area contributed by atoms with Gasteiger partial charge in [0, 0.05) is 5.75 Å². The number of aliphatic hydroxyl groups is 1. The highest BCUT2D eigenvalue weighted by atomic mass is 33.1. The van der Waals surface area contributed by atoms with E-state index in [9.17, 15) is 9.59 Å². The summed E-state index contributed by atoms with van der Waals surface area (Å²) in [5.41, 5.74) is 7.89. The molecule has 0 aliphatic rings. The largest absolute Gasteiger partial charge is 0.480 e. The van der Waals surface area contributed by atoms with E-state index in [2.05, 4.69) is 0 Å². The Morgan fingerprint density at radius 3 is 2.27 bits per heavy atom. The summed E-state index contributed by atoms with van der Waals surface area (Å²) >= 11 is 0. The molecule has 0 heterocycles. The monoisotopic (exact) mass is 256 g/mol. The molecule has 0 bridgehead atoms. The van der Waals surface area contributed by atoms with Crippen molar-refractivity contribution in [2.75, 3.05) is 11.5 Å². The van der Waals surface area contributed by atoms with Crippen LogP contribution in [0.4, 0.5) is 0 Å². The third-order valence-electron chi connectivity index (χ3n) is 1.30. The first-order valence-corrected chi connectivity index (χ1v) is 6.23. The number of hydrogen-bond donors (Lipinski definition) is 5. The summed E-state index contributed by atoms with van der Waals surface area (Å²) in [6.45, 7) is 0. The molecule has 88 valence electrons. The van der Waals surface area contributed by atoms with Gasteiger partial charge in [-0.2, -0.15) is 0 Å². The van der Waals surface area contributed by atoms with E-state index in [0.29, 0.717) is 0 Å². The smallest absolute Gasteiger partial charge is 0.351 e. The summed E-state index contributed by atoms with van der Waals surface area (Å²) in [6.07, 6.45) is 0. The van der Waals surface area contributed by atoms with Crippen LogP contribution in [0.25, 0.3) is 0 Å². The van der Waals surface area contributed by atoms with Gasteiger partial charge in [0.2, 0.25) is 5.72 Å². The lowest BCUT2D eigenvalue weighted by Crippen LogP contribution is -2.50. The van der Waals surface area contributed by atoms with E-state index in [-0.39, 0.29) is 11.5 Å². The first-order valence-electron chi connectivity index (χ1n) is 3.75. The molecule has 0 aromatic rings. The van der Waals surface area contributed by atoms with Crippen molar-refractivity contribution in [3.63, 3.8) is 0 Å². The number of nitrogens with two attached hydrogens (primary N) is 2. The van der Waals surface area contributed by atoms with Gasteiger partial charge < -0.3 is 21.1 Å². The van der Waals surface area contributed by atoms with Crippen molar-refractivity contribution in [2.24, 2.45) is 11.5 Å². The molecule has 0 fully saturated rings. The summed E-state index contributed by atoms with van der Waals surface area (Å²) in [7, 11) is 1.99. The van der Waals surface area contributed by atoms with Crippen molar-refractivity contribution >= 4 is 33.5 Å². The lowest BCUT2D eigenvalue weighted by atomic mass is 10.3. The molecule has 7 N–H and O–H groups in total. The lowest BCUT2D eigenvalue weighted by molar-refractivity contribution is -0.155. The van der Waals surface area contributed by atoms with Gasteiger partial charge in [0.05, 0.1) is 5.75 Å². The summed E-state index contributed by atoms with van der Waals surface area (Å²) in [5, 5.41) is 25.9. The predicted molar refractivity (Wildman–Crippen MR) is 57.3 cm³/mol. The highest BCUT2D eigenvalue weighted by Crippen LogP contribution is 2.24. The minimum absolute atomic E-state index is 0.107. The maximum Gasteiger partial charge on any atom is 0.351 e. The van der Waals surface area contributed by atoms with E-state index >= 15 is 0 Å². The van der Waals surface area contributed by atoms with Crippen LogP contribution in [0.1, 0.15) is 0 Å². The number of aliphatic carboxylic acids is 2. The Morgan fingerprint density at radius 2 is 1.87 bits per heavy atom. The molecule has 0 amide bonds. The van der Waals surface area contributed by atoms with E-state index in [1.807, 2.05) is 0 Å². The van der Waals surface area contributed by atoms with Gasteiger partial charge in [-0.15, -0.1) is 0 Å². The van der Waals surface area contributed by atoms with E-state index in [1.54, 1.807) is 0 Å². The van der Waals surface area contributed by atoms with Gasteiger partial charge in [-0.1, -0.05) is 21.6 Å². The predicted octanol–water partition coefficient (Wildman–Crippen LogP) is -1.49. The fraction of sp³-hybridized carbons (Fsp3) is 0.667. The number of hydrogen-bond acceptors (Lipinski definition) is 7. The van der Waals surface area contributed by atoms with Crippen LogP contribution in [0.15, 0.2) is 0 Å². The minimum Gasteiger partial charge on any atom is -0.480 e. The fourth-order valence-corrected chi connectivity index (χ4v) is 2.68. The Labute approximate surface area is 93.6 Å². The second kappa shape index (κ2) is 6.18. The zero-order valence-electron chi connectivity index (χ0n) is 7.62. The molecule has 0 aliphatic carbocycles. The van der Waals surface area contributed by atoms with Gasteiger partial charge in [0.15, 0.2) is 0 Å². The topological polar surface area (TPSA) is 147 Å². The van der Waals surface area contributed by atoms with Crippen molar-refractivity contribution in [1.29, 1.82) is 0 Å². The van der Waals surface area contributed by atoms with Gasteiger partial charge in [-0.25, -0.2) is 4.79 Å². The molecule has 2 unspecified atom stereocenters. The van der Waals surface area contributed by atoms with Crippen molar-refractivity contribution in [2.45, 2.75) is 11.8 Å². The van der Waals surface area contributed by atoms with Gasteiger partial charge in [0.1, 0.15) is 6.04 Å². The molecule has 0 radical (unpaired) electrons. The second-order valence-electron chi connectivity index (χ2n) is 2.72. The Hall–Kier alpha value is -0.480. The number of carboxylic acids is 2. The Balaban J connectivity index is 3.72. The average molecular weight is 256 g/mol. The van der Waals surface area contributed by atoms with Gasteiger partial charge in [-0.3, -0.25) is 10.5 Å². The van der Waals surface area contributed by atoms with Crippen molar-refractivity contribution in [3.05, 3.63) is 0 Å². The molecule has 0 saturated heterocycles. The third kappa shape index (κ3) is 5.85.